The van der Waals surface area contributed by atoms with Gasteiger partial charge in [0.2, 0.25) is 0 Å². The standard InChI is InChI=1S/C29H33N9O2.2ClH/c1-17(33-29(30)31)32-28(39)20-9-11-22-24(15-20)36-26(34-22)18-5-7-19(8-6-18)27-35-23-12-10-21(16-25(23)37-27)40-14-4-13-38(2)3;;/h5-12,15-17H,4,13-14H2,1-3H3,(H,32,39)(H,34,36)(H,35,37)(H4,30,31,33);2*1H. The van der Waals surface area contributed by atoms with E-state index in [0.29, 0.717) is 18.0 Å². The van der Waals surface area contributed by atoms with Gasteiger partial charge >= 0.3 is 0 Å². The highest BCUT2D eigenvalue weighted by Gasteiger charge is 2.13. The Morgan fingerprint density at radius 3 is 2.07 bits per heavy atom. The number of aromatic nitrogens is 4. The molecule has 2 heterocycles. The molecule has 0 spiro atoms. The number of carbonyl (C=O) groups is 1. The quantitative estimate of drug-likeness (QED) is 0.0892. The van der Waals surface area contributed by atoms with Gasteiger partial charge in [-0.3, -0.25) is 4.79 Å². The van der Waals surface area contributed by atoms with E-state index >= 15 is 0 Å². The fraction of sp³-hybridized carbons (Fsp3) is 0.241. The topological polar surface area (TPSA) is 163 Å². The molecule has 0 radical (unpaired) electrons. The number of nitrogens with one attached hydrogen (secondary N) is 3. The van der Waals surface area contributed by atoms with Crippen LogP contribution in [0, 0.1) is 0 Å². The van der Waals surface area contributed by atoms with Gasteiger partial charge in [0.1, 0.15) is 23.6 Å². The largest absolute Gasteiger partial charge is 0.493 e. The number of aliphatic imine (C=N–C) groups is 1. The second kappa shape index (κ2) is 14.0. The zero-order valence-corrected chi connectivity index (χ0v) is 25.2. The Morgan fingerprint density at radius 2 is 1.50 bits per heavy atom. The number of benzene rings is 3. The Labute approximate surface area is 256 Å². The molecule has 0 aliphatic rings. The second-order valence-corrected chi connectivity index (χ2v) is 9.87. The van der Waals surface area contributed by atoms with Crippen molar-refractivity contribution in [1.82, 2.24) is 30.2 Å². The van der Waals surface area contributed by atoms with Crippen molar-refractivity contribution in [2.45, 2.75) is 19.5 Å². The number of aromatic amines is 2. The van der Waals surface area contributed by atoms with Crippen molar-refractivity contribution in [3.8, 4) is 28.5 Å². The maximum absolute atomic E-state index is 12.6. The van der Waals surface area contributed by atoms with Gasteiger partial charge in [-0.15, -0.1) is 24.8 Å². The van der Waals surface area contributed by atoms with Crippen LogP contribution in [-0.2, 0) is 0 Å². The summed E-state index contributed by atoms with van der Waals surface area (Å²) >= 11 is 0. The van der Waals surface area contributed by atoms with E-state index in [0.717, 1.165) is 57.7 Å². The summed E-state index contributed by atoms with van der Waals surface area (Å²) in [5.74, 6) is 1.94. The van der Waals surface area contributed by atoms with Gasteiger partial charge in [0, 0.05) is 29.3 Å². The number of halogens is 2. The molecule has 0 bridgehead atoms. The molecule has 7 N–H and O–H groups in total. The molecule has 13 heteroatoms. The van der Waals surface area contributed by atoms with E-state index in [-0.39, 0.29) is 36.7 Å². The van der Waals surface area contributed by atoms with Crippen molar-refractivity contribution in [2.24, 2.45) is 16.5 Å². The summed E-state index contributed by atoms with van der Waals surface area (Å²) in [6, 6.07) is 19.2. The van der Waals surface area contributed by atoms with Gasteiger partial charge in [-0.2, -0.15) is 0 Å². The molecule has 222 valence electrons. The van der Waals surface area contributed by atoms with E-state index in [1.165, 1.54) is 0 Å². The highest BCUT2D eigenvalue weighted by Crippen LogP contribution is 2.27. The summed E-state index contributed by atoms with van der Waals surface area (Å²) in [4.78, 5) is 34.8. The Morgan fingerprint density at radius 1 is 0.929 bits per heavy atom. The molecular weight excluding hydrogens is 577 g/mol. The van der Waals surface area contributed by atoms with E-state index in [9.17, 15) is 4.79 Å². The van der Waals surface area contributed by atoms with Gasteiger partial charge in [-0.25, -0.2) is 15.0 Å². The monoisotopic (exact) mass is 611 g/mol. The van der Waals surface area contributed by atoms with Crippen LogP contribution in [0.15, 0.2) is 65.7 Å². The number of nitrogens with two attached hydrogens (primary N) is 2. The van der Waals surface area contributed by atoms with Crippen LogP contribution in [0.25, 0.3) is 44.8 Å². The van der Waals surface area contributed by atoms with Crippen LogP contribution in [0.1, 0.15) is 23.7 Å². The Hall–Kier alpha value is -4.32. The number of hydrogen-bond acceptors (Lipinski definition) is 6. The van der Waals surface area contributed by atoms with Gasteiger partial charge in [-0.1, -0.05) is 24.3 Å². The first-order chi connectivity index (χ1) is 19.2. The number of fused-ring (bicyclic) bond motifs is 2. The molecule has 42 heavy (non-hydrogen) atoms. The fourth-order valence-electron chi connectivity index (χ4n) is 4.39. The Bertz CT molecular complexity index is 1680. The molecule has 3 aromatic carbocycles. The average molecular weight is 613 g/mol. The highest BCUT2D eigenvalue weighted by atomic mass is 35.5. The highest BCUT2D eigenvalue weighted by molar-refractivity contribution is 5.98. The zero-order valence-electron chi connectivity index (χ0n) is 23.5. The van der Waals surface area contributed by atoms with Crippen molar-refractivity contribution in [1.29, 1.82) is 0 Å². The first-order valence-electron chi connectivity index (χ1n) is 13.0. The van der Waals surface area contributed by atoms with Gasteiger partial charge < -0.3 is 36.4 Å². The van der Waals surface area contributed by atoms with Gasteiger partial charge in [0.15, 0.2) is 5.96 Å². The third-order valence-electron chi connectivity index (χ3n) is 6.33. The molecule has 0 fully saturated rings. The number of hydrogen-bond donors (Lipinski definition) is 5. The van der Waals surface area contributed by atoms with E-state index in [4.69, 9.17) is 21.2 Å². The number of guanidine groups is 1. The molecule has 1 unspecified atom stereocenters. The summed E-state index contributed by atoms with van der Waals surface area (Å²) in [6.45, 7) is 3.35. The number of imidazole rings is 2. The fourth-order valence-corrected chi connectivity index (χ4v) is 4.39. The second-order valence-electron chi connectivity index (χ2n) is 9.87. The van der Waals surface area contributed by atoms with Crippen molar-refractivity contribution in [3.63, 3.8) is 0 Å². The number of amides is 1. The molecule has 0 aliphatic heterocycles. The number of carbonyl (C=O) groups excluding carboxylic acids is 1. The van der Waals surface area contributed by atoms with E-state index in [2.05, 4.69) is 44.3 Å². The number of ether oxygens (including phenoxy) is 1. The maximum Gasteiger partial charge on any atom is 0.252 e. The summed E-state index contributed by atoms with van der Waals surface area (Å²) in [6.07, 6.45) is 0.428. The number of rotatable bonds is 10. The molecule has 0 saturated carbocycles. The summed E-state index contributed by atoms with van der Waals surface area (Å²) in [5.41, 5.74) is 16.4. The zero-order chi connectivity index (χ0) is 28.2. The maximum atomic E-state index is 12.6. The van der Waals surface area contributed by atoms with Crippen LogP contribution in [-0.4, -0.2) is 70.1 Å². The molecule has 0 aliphatic carbocycles. The smallest absolute Gasteiger partial charge is 0.252 e. The van der Waals surface area contributed by atoms with Crippen molar-refractivity contribution in [2.75, 3.05) is 27.2 Å². The molecule has 2 aromatic heterocycles. The molecule has 1 atom stereocenters. The van der Waals surface area contributed by atoms with Crippen LogP contribution in [0.2, 0.25) is 0 Å². The Balaban J connectivity index is 0.00000242. The molecule has 0 saturated heterocycles. The number of H-pyrrole nitrogens is 2. The molecule has 1 amide bonds. The summed E-state index contributed by atoms with van der Waals surface area (Å²) in [7, 11) is 4.11. The minimum Gasteiger partial charge on any atom is -0.493 e. The van der Waals surface area contributed by atoms with Crippen LogP contribution >= 0.6 is 24.8 Å². The predicted molar refractivity (Wildman–Crippen MR) is 173 cm³/mol. The third kappa shape index (κ3) is 7.69. The van der Waals surface area contributed by atoms with Crippen molar-refractivity contribution < 1.29 is 9.53 Å². The molecule has 5 rings (SSSR count). The van der Waals surface area contributed by atoms with Crippen LogP contribution in [0.3, 0.4) is 0 Å². The predicted octanol–water partition coefficient (Wildman–Crippen LogP) is 4.30. The third-order valence-corrected chi connectivity index (χ3v) is 6.33. The average Bonchev–Trinajstić information content (AvgIpc) is 3.54. The molecular formula is C29H35Cl2N9O2. The lowest BCUT2D eigenvalue weighted by Crippen LogP contribution is -2.35. The number of nitrogens with zero attached hydrogens (tertiary/aromatic N) is 4. The van der Waals surface area contributed by atoms with E-state index in [1.807, 2.05) is 42.5 Å². The van der Waals surface area contributed by atoms with Crippen LogP contribution in [0.4, 0.5) is 0 Å². The first-order valence-corrected chi connectivity index (χ1v) is 13.0. The van der Waals surface area contributed by atoms with Crippen LogP contribution < -0.4 is 21.5 Å². The van der Waals surface area contributed by atoms with Crippen molar-refractivity contribution >= 4 is 58.7 Å². The molecule has 5 aromatic rings. The van der Waals surface area contributed by atoms with E-state index < -0.39 is 6.17 Å². The lowest BCUT2D eigenvalue weighted by molar-refractivity contribution is 0.0941. The van der Waals surface area contributed by atoms with E-state index in [1.54, 1.807) is 25.1 Å². The lowest BCUT2D eigenvalue weighted by atomic mass is 10.1. The van der Waals surface area contributed by atoms with Gasteiger partial charge in [0.05, 0.1) is 28.7 Å². The minimum atomic E-state index is -0.538. The van der Waals surface area contributed by atoms with Crippen molar-refractivity contribution in [3.05, 3.63) is 66.2 Å². The normalized spacial score (nSPS) is 11.5. The van der Waals surface area contributed by atoms with Crippen LogP contribution in [0.5, 0.6) is 5.75 Å². The Kier molecular flexibility index (Phi) is 10.8. The summed E-state index contributed by atoms with van der Waals surface area (Å²) < 4.78 is 5.90. The first kappa shape index (κ1) is 32.2. The minimum absolute atomic E-state index is 0. The van der Waals surface area contributed by atoms with Gasteiger partial charge in [-0.05, 0) is 57.8 Å². The summed E-state index contributed by atoms with van der Waals surface area (Å²) in [5, 5.41) is 2.74. The van der Waals surface area contributed by atoms with Gasteiger partial charge in [0.25, 0.3) is 5.91 Å². The lowest BCUT2D eigenvalue weighted by Gasteiger charge is -2.10. The SMILES string of the molecule is CC(N=C(N)N)NC(=O)c1ccc2nc(-c3ccc(-c4nc5ccc(OCCCN(C)C)cc5[nH]4)cc3)[nH]c2c1.Cl.Cl. The molecule has 11 nitrogen and oxygen atoms in total.